The van der Waals surface area contributed by atoms with Gasteiger partial charge in [0.1, 0.15) is 5.75 Å². The first-order chi connectivity index (χ1) is 9.84. The second-order valence-electron chi connectivity index (χ2n) is 4.18. The van der Waals surface area contributed by atoms with Gasteiger partial charge in [0.25, 0.3) is 5.69 Å². The van der Waals surface area contributed by atoms with Gasteiger partial charge in [0.15, 0.2) is 0 Å². The highest BCUT2D eigenvalue weighted by atomic mass is 32.2. The normalized spacial score (nSPS) is 11.1. The fourth-order valence-corrected chi connectivity index (χ4v) is 2.71. The first-order valence-corrected chi connectivity index (χ1v) is 7.34. The molecule has 0 aliphatic rings. The number of methoxy groups -OCH3 is 1. The average Bonchev–Trinajstić information content (AvgIpc) is 2.45. The number of sulfonamides is 1. The lowest BCUT2D eigenvalue weighted by Crippen LogP contribution is -2.13. The Kier molecular flexibility index (Phi) is 3.92. The van der Waals surface area contributed by atoms with Gasteiger partial charge in [0.05, 0.1) is 16.9 Å². The summed E-state index contributed by atoms with van der Waals surface area (Å²) in [5, 5.41) is 16.1. The summed E-state index contributed by atoms with van der Waals surface area (Å²) in [6, 6.07) is 9.93. The van der Waals surface area contributed by atoms with E-state index < -0.39 is 14.9 Å². The summed E-state index contributed by atoms with van der Waals surface area (Å²) in [4.78, 5) is 10.2. The Morgan fingerprint density at radius 3 is 2.38 bits per heavy atom. The van der Waals surface area contributed by atoms with Crippen LogP contribution in [-0.4, -0.2) is 20.5 Å². The number of non-ortho nitro benzene ring substituents is 1. The van der Waals surface area contributed by atoms with E-state index in [1.54, 1.807) is 6.07 Å². The third-order valence-corrected chi connectivity index (χ3v) is 3.85. The largest absolute Gasteiger partial charge is 0.496 e. The zero-order valence-corrected chi connectivity index (χ0v) is 11.8. The van der Waals surface area contributed by atoms with Gasteiger partial charge < -0.3 is 4.74 Å². The molecule has 7 nitrogen and oxygen atoms in total. The monoisotopic (exact) mass is 308 g/mol. The van der Waals surface area contributed by atoms with Crippen molar-refractivity contribution in [1.29, 1.82) is 0 Å². The van der Waals surface area contributed by atoms with Crippen molar-refractivity contribution in [2.45, 2.75) is 4.90 Å². The molecule has 2 rings (SSSR count). The smallest absolute Gasteiger partial charge is 0.270 e. The third kappa shape index (κ3) is 3.01. The molecule has 0 aliphatic heterocycles. The third-order valence-electron chi connectivity index (χ3n) is 2.88. The van der Waals surface area contributed by atoms with Crippen LogP contribution in [0.3, 0.4) is 0 Å². The van der Waals surface area contributed by atoms with Crippen LogP contribution in [-0.2, 0) is 10.0 Å². The molecule has 2 aromatic rings. The lowest BCUT2D eigenvalue weighted by molar-refractivity contribution is -0.384. The van der Waals surface area contributed by atoms with Gasteiger partial charge in [-0.1, -0.05) is 18.2 Å². The molecule has 0 radical (unpaired) electrons. The van der Waals surface area contributed by atoms with E-state index in [4.69, 9.17) is 9.88 Å². The number of nitrogens with two attached hydrogens (primary N) is 1. The first kappa shape index (κ1) is 14.9. The number of nitro groups is 1. The van der Waals surface area contributed by atoms with Gasteiger partial charge in [-0.15, -0.1) is 0 Å². The van der Waals surface area contributed by atoms with Crippen molar-refractivity contribution in [1.82, 2.24) is 0 Å². The van der Waals surface area contributed by atoms with Crippen molar-refractivity contribution in [3.8, 4) is 16.9 Å². The van der Waals surface area contributed by atoms with Crippen LogP contribution in [0.5, 0.6) is 5.75 Å². The van der Waals surface area contributed by atoms with E-state index in [9.17, 15) is 18.5 Å². The summed E-state index contributed by atoms with van der Waals surface area (Å²) >= 11 is 0. The summed E-state index contributed by atoms with van der Waals surface area (Å²) in [5.74, 6) is 0.316. The molecule has 0 unspecified atom stereocenters. The number of benzene rings is 2. The van der Waals surface area contributed by atoms with E-state index in [0.29, 0.717) is 5.75 Å². The van der Waals surface area contributed by atoms with Gasteiger partial charge >= 0.3 is 0 Å². The Labute approximate surface area is 121 Å². The molecule has 0 aromatic heterocycles. The molecule has 110 valence electrons. The summed E-state index contributed by atoms with van der Waals surface area (Å²) in [5.41, 5.74) is 0.367. The average molecular weight is 308 g/mol. The fourth-order valence-electron chi connectivity index (χ4n) is 1.96. The van der Waals surface area contributed by atoms with E-state index in [0.717, 1.165) is 0 Å². The zero-order chi connectivity index (χ0) is 15.6. The standard InChI is InChI=1S/C13H12N2O5S/c1-20-12-7-6-9(15(16)17)8-11(12)10-4-2-3-5-13(10)21(14,18)19/h2-8H,1H3,(H2,14,18,19). The molecule has 0 spiro atoms. The van der Waals surface area contributed by atoms with Gasteiger partial charge in [-0.2, -0.15) is 0 Å². The SMILES string of the molecule is COc1ccc([N+](=O)[O-])cc1-c1ccccc1S(N)(=O)=O. The Morgan fingerprint density at radius 1 is 1.14 bits per heavy atom. The second-order valence-corrected chi connectivity index (χ2v) is 5.71. The van der Waals surface area contributed by atoms with Crippen molar-refractivity contribution in [2.75, 3.05) is 7.11 Å². The van der Waals surface area contributed by atoms with Gasteiger partial charge in [-0.25, -0.2) is 13.6 Å². The summed E-state index contributed by atoms with van der Waals surface area (Å²) in [6.07, 6.45) is 0. The number of ether oxygens (including phenoxy) is 1. The number of hydrogen-bond donors (Lipinski definition) is 1. The molecule has 8 heteroatoms. The summed E-state index contributed by atoms with van der Waals surface area (Å²) in [6.45, 7) is 0. The molecule has 0 saturated carbocycles. The molecule has 0 amide bonds. The number of nitrogens with zero attached hydrogens (tertiary/aromatic N) is 1. The number of primary sulfonamides is 1. The molecule has 0 atom stereocenters. The minimum atomic E-state index is -3.97. The number of hydrogen-bond acceptors (Lipinski definition) is 5. The molecule has 0 fully saturated rings. The molecule has 0 bridgehead atoms. The van der Waals surface area contributed by atoms with Crippen LogP contribution in [0.2, 0.25) is 0 Å². The molecule has 0 heterocycles. The van der Waals surface area contributed by atoms with Gasteiger partial charge in [-0.05, 0) is 12.1 Å². The van der Waals surface area contributed by atoms with Gasteiger partial charge in [0.2, 0.25) is 10.0 Å². The Bertz CT molecular complexity index is 802. The van der Waals surface area contributed by atoms with Gasteiger partial charge in [-0.3, -0.25) is 10.1 Å². The minimum Gasteiger partial charge on any atom is -0.496 e. The summed E-state index contributed by atoms with van der Waals surface area (Å²) < 4.78 is 28.4. The maximum Gasteiger partial charge on any atom is 0.270 e. The zero-order valence-electron chi connectivity index (χ0n) is 11.0. The lowest BCUT2D eigenvalue weighted by atomic mass is 10.0. The van der Waals surface area contributed by atoms with Crippen LogP contribution in [0.1, 0.15) is 0 Å². The van der Waals surface area contributed by atoms with E-state index >= 15 is 0 Å². The van der Waals surface area contributed by atoms with Crippen LogP contribution in [0.25, 0.3) is 11.1 Å². The Balaban J connectivity index is 2.78. The quantitative estimate of drug-likeness (QED) is 0.684. The van der Waals surface area contributed by atoms with Crippen molar-refractivity contribution in [2.24, 2.45) is 5.14 Å². The molecule has 21 heavy (non-hydrogen) atoms. The van der Waals surface area contributed by atoms with E-state index in [-0.39, 0.29) is 21.7 Å². The van der Waals surface area contributed by atoms with Gasteiger partial charge in [0, 0.05) is 23.3 Å². The van der Waals surface area contributed by atoms with Crippen LogP contribution in [0, 0.1) is 10.1 Å². The molecule has 2 aromatic carbocycles. The van der Waals surface area contributed by atoms with Crippen LogP contribution >= 0.6 is 0 Å². The van der Waals surface area contributed by atoms with E-state index in [1.807, 2.05) is 0 Å². The van der Waals surface area contributed by atoms with Crippen LogP contribution < -0.4 is 9.88 Å². The van der Waals surface area contributed by atoms with Crippen LogP contribution in [0.15, 0.2) is 47.4 Å². The van der Waals surface area contributed by atoms with Crippen molar-refractivity contribution < 1.29 is 18.1 Å². The number of rotatable bonds is 4. The topological polar surface area (TPSA) is 113 Å². The van der Waals surface area contributed by atoms with E-state index in [1.165, 1.54) is 43.5 Å². The Hall–Kier alpha value is -2.45. The van der Waals surface area contributed by atoms with E-state index in [2.05, 4.69) is 0 Å². The molecule has 0 saturated heterocycles. The fraction of sp³-hybridized carbons (Fsp3) is 0.0769. The predicted molar refractivity (Wildman–Crippen MR) is 76.5 cm³/mol. The molecular weight excluding hydrogens is 296 g/mol. The second kappa shape index (κ2) is 5.51. The van der Waals surface area contributed by atoms with Crippen molar-refractivity contribution >= 4 is 15.7 Å². The van der Waals surface area contributed by atoms with Crippen molar-refractivity contribution in [3.63, 3.8) is 0 Å². The number of nitro benzene ring substituents is 1. The summed E-state index contributed by atoms with van der Waals surface area (Å²) in [7, 11) is -2.57. The van der Waals surface area contributed by atoms with Crippen molar-refractivity contribution in [3.05, 3.63) is 52.6 Å². The van der Waals surface area contributed by atoms with Crippen LogP contribution in [0.4, 0.5) is 5.69 Å². The highest BCUT2D eigenvalue weighted by molar-refractivity contribution is 7.89. The molecule has 2 N–H and O–H groups in total. The Morgan fingerprint density at radius 2 is 1.81 bits per heavy atom. The lowest BCUT2D eigenvalue weighted by Gasteiger charge is -2.11. The maximum absolute atomic E-state index is 11.6. The highest BCUT2D eigenvalue weighted by Gasteiger charge is 2.19. The first-order valence-electron chi connectivity index (χ1n) is 5.79. The highest BCUT2D eigenvalue weighted by Crippen LogP contribution is 2.36. The predicted octanol–water partition coefficient (Wildman–Crippen LogP) is 1.92. The maximum atomic E-state index is 11.6. The molecule has 0 aliphatic carbocycles. The minimum absolute atomic E-state index is 0.121. The molecular formula is C13H12N2O5S.